The summed E-state index contributed by atoms with van der Waals surface area (Å²) in [6.07, 6.45) is -2.24. The number of nitrogens with zero attached hydrogens (tertiary/aromatic N) is 3. The average Bonchev–Trinajstić information content (AvgIpc) is 2.99. The van der Waals surface area contributed by atoms with Crippen molar-refractivity contribution >= 4 is 29.2 Å². The summed E-state index contributed by atoms with van der Waals surface area (Å²) < 4.78 is 45.1. The molecule has 0 aliphatic carbocycles. The number of halogens is 3. The van der Waals surface area contributed by atoms with E-state index in [0.717, 1.165) is 24.3 Å². The molecule has 3 N–H and O–H groups in total. The monoisotopic (exact) mass is 599 g/mol. The molecule has 43 heavy (non-hydrogen) atoms. The number of likely N-dealkylation sites (N-methyl/N-ethyl adjacent to an activating group) is 1. The van der Waals surface area contributed by atoms with E-state index in [4.69, 9.17) is 4.74 Å². The van der Waals surface area contributed by atoms with Crippen molar-refractivity contribution in [3.05, 3.63) is 83.7 Å². The number of alkyl halides is 3. The molecule has 0 radical (unpaired) electrons. The van der Waals surface area contributed by atoms with Gasteiger partial charge in [-0.3, -0.25) is 14.6 Å². The number of aromatic nitrogens is 1. The third-order valence-corrected chi connectivity index (χ3v) is 7.15. The number of urea groups is 1. The molecule has 2 heterocycles. The van der Waals surface area contributed by atoms with E-state index in [1.807, 2.05) is 6.92 Å². The van der Waals surface area contributed by atoms with Gasteiger partial charge in [0.1, 0.15) is 6.10 Å². The summed E-state index contributed by atoms with van der Waals surface area (Å²) in [6, 6.07) is 10.8. The van der Waals surface area contributed by atoms with Crippen LogP contribution in [-0.2, 0) is 6.18 Å². The second-order valence-electron chi connectivity index (χ2n) is 10.4. The number of hydrogen-bond acceptors (Lipinski definition) is 6. The van der Waals surface area contributed by atoms with Gasteiger partial charge in [0.25, 0.3) is 11.8 Å². The molecule has 3 aromatic rings. The van der Waals surface area contributed by atoms with E-state index in [1.54, 1.807) is 25.1 Å². The molecule has 228 valence electrons. The number of pyridine rings is 1. The van der Waals surface area contributed by atoms with Crippen LogP contribution in [0.15, 0.2) is 67.0 Å². The van der Waals surface area contributed by atoms with Gasteiger partial charge >= 0.3 is 12.2 Å². The summed E-state index contributed by atoms with van der Waals surface area (Å²) >= 11 is 0. The fourth-order valence-corrected chi connectivity index (χ4v) is 4.57. The van der Waals surface area contributed by atoms with Crippen LogP contribution in [0, 0.1) is 5.92 Å². The van der Waals surface area contributed by atoms with Gasteiger partial charge < -0.3 is 30.3 Å². The molecule has 4 amide bonds. The molecule has 4 rings (SSSR count). The summed E-state index contributed by atoms with van der Waals surface area (Å²) in [4.78, 5) is 46.4. The number of ether oxygens (including phenoxy) is 1. The Balaban J connectivity index is 1.61. The Morgan fingerprint density at radius 2 is 1.79 bits per heavy atom. The van der Waals surface area contributed by atoms with Crippen molar-refractivity contribution in [1.29, 1.82) is 0 Å². The number of carbonyl (C=O) groups excluding carboxylic acids is 3. The standard InChI is InChI=1S/C30H32F3N5O5/c1-18-15-38(19(2)17-39)28(41)23-5-4-6-24(36-27(40)20-11-13-34-14-12-20)26(23)43-25(18)16-37(3)29(42)35-22-9-7-21(8-10-22)30(31,32)33/h4-14,18-19,25,39H,15-17H2,1-3H3,(H,35,42)(H,36,40)/t18-,19+,25+/m1/s1. The fourth-order valence-electron chi connectivity index (χ4n) is 4.57. The molecule has 0 unspecified atom stereocenters. The smallest absolute Gasteiger partial charge is 0.416 e. The Bertz CT molecular complexity index is 1450. The highest BCUT2D eigenvalue weighted by atomic mass is 19.4. The number of hydrogen-bond donors (Lipinski definition) is 3. The molecule has 1 aliphatic rings. The molecule has 0 fully saturated rings. The highest BCUT2D eigenvalue weighted by molar-refractivity contribution is 6.07. The SMILES string of the molecule is C[C@@H]1CN([C@@H](C)CO)C(=O)c2cccc(NC(=O)c3ccncc3)c2O[C@H]1CN(C)C(=O)Nc1ccc(C(F)(F)F)cc1. The highest BCUT2D eigenvalue weighted by Crippen LogP contribution is 2.35. The number of aliphatic hydroxyl groups is 1. The van der Waals surface area contributed by atoms with Crippen LogP contribution in [0.25, 0.3) is 0 Å². The fraction of sp³-hybridized carbons (Fsp3) is 0.333. The van der Waals surface area contributed by atoms with Crippen molar-refractivity contribution in [3.8, 4) is 5.75 Å². The highest BCUT2D eigenvalue weighted by Gasteiger charge is 2.35. The van der Waals surface area contributed by atoms with Gasteiger partial charge in [-0.2, -0.15) is 13.2 Å². The molecular weight excluding hydrogens is 567 g/mol. The van der Waals surface area contributed by atoms with Crippen molar-refractivity contribution in [2.24, 2.45) is 5.92 Å². The van der Waals surface area contributed by atoms with Crippen LogP contribution in [0.4, 0.5) is 29.3 Å². The lowest BCUT2D eigenvalue weighted by Gasteiger charge is -2.38. The van der Waals surface area contributed by atoms with Crippen LogP contribution in [0.2, 0.25) is 0 Å². The lowest BCUT2D eigenvalue weighted by Crippen LogP contribution is -2.50. The molecule has 13 heteroatoms. The molecule has 0 spiro atoms. The lowest BCUT2D eigenvalue weighted by molar-refractivity contribution is -0.137. The number of rotatable bonds is 7. The minimum absolute atomic E-state index is 0.0231. The van der Waals surface area contributed by atoms with Crippen molar-refractivity contribution < 1.29 is 37.4 Å². The number of para-hydroxylation sites is 1. The van der Waals surface area contributed by atoms with Crippen molar-refractivity contribution in [1.82, 2.24) is 14.8 Å². The summed E-state index contributed by atoms with van der Waals surface area (Å²) in [5.41, 5.74) is 0.0838. The number of benzene rings is 2. The molecule has 2 aromatic carbocycles. The predicted octanol–water partition coefficient (Wildman–Crippen LogP) is 4.74. The second kappa shape index (κ2) is 13.1. The number of nitrogens with one attached hydrogen (secondary N) is 2. The van der Waals surface area contributed by atoms with E-state index >= 15 is 0 Å². The first-order chi connectivity index (χ1) is 20.4. The zero-order valence-electron chi connectivity index (χ0n) is 23.8. The first-order valence-corrected chi connectivity index (χ1v) is 13.5. The van der Waals surface area contributed by atoms with Gasteiger partial charge in [0, 0.05) is 43.2 Å². The van der Waals surface area contributed by atoms with Crippen LogP contribution >= 0.6 is 0 Å². The minimum Gasteiger partial charge on any atom is -0.485 e. The third-order valence-electron chi connectivity index (χ3n) is 7.15. The number of amides is 4. The average molecular weight is 600 g/mol. The van der Waals surface area contributed by atoms with Gasteiger partial charge in [0.05, 0.1) is 36.0 Å². The summed E-state index contributed by atoms with van der Waals surface area (Å²) in [7, 11) is 1.51. The second-order valence-corrected chi connectivity index (χ2v) is 10.4. The minimum atomic E-state index is -4.50. The topological polar surface area (TPSA) is 124 Å². The van der Waals surface area contributed by atoms with E-state index < -0.39 is 41.7 Å². The van der Waals surface area contributed by atoms with Crippen LogP contribution in [0.3, 0.4) is 0 Å². The van der Waals surface area contributed by atoms with Crippen molar-refractivity contribution in [2.75, 3.05) is 37.4 Å². The van der Waals surface area contributed by atoms with Crippen molar-refractivity contribution in [2.45, 2.75) is 32.2 Å². The van der Waals surface area contributed by atoms with Crippen LogP contribution in [0.5, 0.6) is 5.75 Å². The van der Waals surface area contributed by atoms with Gasteiger partial charge in [-0.1, -0.05) is 13.0 Å². The van der Waals surface area contributed by atoms with E-state index in [1.165, 1.54) is 41.4 Å². The normalized spacial score (nSPS) is 17.6. The molecule has 3 atom stereocenters. The zero-order valence-corrected chi connectivity index (χ0v) is 23.8. The van der Waals surface area contributed by atoms with E-state index in [9.17, 15) is 32.7 Å². The molecule has 1 aliphatic heterocycles. The molecular formula is C30H32F3N5O5. The molecule has 0 saturated carbocycles. The first-order valence-electron chi connectivity index (χ1n) is 13.5. The quantitative estimate of drug-likeness (QED) is 0.361. The number of aliphatic hydroxyl groups excluding tert-OH is 1. The van der Waals surface area contributed by atoms with E-state index in [2.05, 4.69) is 15.6 Å². The van der Waals surface area contributed by atoms with E-state index in [0.29, 0.717) is 5.56 Å². The summed E-state index contributed by atoms with van der Waals surface area (Å²) in [5.74, 6) is -1.09. The maximum Gasteiger partial charge on any atom is 0.416 e. The lowest BCUT2D eigenvalue weighted by atomic mass is 9.99. The predicted molar refractivity (Wildman–Crippen MR) is 153 cm³/mol. The van der Waals surface area contributed by atoms with Gasteiger partial charge in [-0.25, -0.2) is 4.79 Å². The van der Waals surface area contributed by atoms with Crippen LogP contribution in [0.1, 0.15) is 40.1 Å². The first kappa shape index (κ1) is 31.3. The summed E-state index contributed by atoms with van der Waals surface area (Å²) in [5, 5.41) is 15.2. The molecule has 0 bridgehead atoms. The molecule has 0 saturated heterocycles. The van der Waals surface area contributed by atoms with Crippen LogP contribution < -0.4 is 15.4 Å². The maximum absolute atomic E-state index is 13.6. The summed E-state index contributed by atoms with van der Waals surface area (Å²) in [6.45, 7) is 3.48. The van der Waals surface area contributed by atoms with Crippen LogP contribution in [-0.4, -0.2) is 76.6 Å². The number of fused-ring (bicyclic) bond motifs is 1. The maximum atomic E-state index is 13.6. The molecule has 1 aromatic heterocycles. The van der Waals surface area contributed by atoms with Gasteiger partial charge in [0.2, 0.25) is 0 Å². The number of anilines is 2. The Morgan fingerprint density at radius 1 is 1.12 bits per heavy atom. The van der Waals surface area contributed by atoms with Gasteiger partial charge in [0.15, 0.2) is 5.75 Å². The van der Waals surface area contributed by atoms with Gasteiger partial charge in [-0.15, -0.1) is 0 Å². The Hall–Kier alpha value is -4.65. The van der Waals surface area contributed by atoms with Crippen molar-refractivity contribution in [3.63, 3.8) is 0 Å². The number of carbonyl (C=O) groups is 3. The van der Waals surface area contributed by atoms with Gasteiger partial charge in [-0.05, 0) is 55.5 Å². The third kappa shape index (κ3) is 7.41. The van der Waals surface area contributed by atoms with E-state index in [-0.39, 0.29) is 48.3 Å². The zero-order chi connectivity index (χ0) is 31.3. The molecule has 10 nitrogen and oxygen atoms in total. The Labute approximate surface area is 246 Å². The Morgan fingerprint density at radius 3 is 2.42 bits per heavy atom. The Kier molecular flexibility index (Phi) is 9.54. The largest absolute Gasteiger partial charge is 0.485 e.